The molecule has 0 aliphatic carbocycles. The third kappa shape index (κ3) is 5.47. The van der Waals surface area contributed by atoms with Gasteiger partial charge in [0.25, 0.3) is 15.9 Å². The number of hydrogen-bond donors (Lipinski definition) is 2. The van der Waals surface area contributed by atoms with Crippen LogP contribution < -0.4 is 10.0 Å². The molecule has 2 rings (SSSR count). The molecule has 2 aromatic rings. The van der Waals surface area contributed by atoms with Crippen molar-refractivity contribution < 1.29 is 13.2 Å². The van der Waals surface area contributed by atoms with Crippen LogP contribution in [0.3, 0.4) is 0 Å². The molecule has 1 amide bonds. The molecule has 7 heteroatoms. The summed E-state index contributed by atoms with van der Waals surface area (Å²) in [5.74, 6) is -0.324. The summed E-state index contributed by atoms with van der Waals surface area (Å²) in [5.41, 5.74) is 2.57. The average Bonchev–Trinajstić information content (AvgIpc) is 2.57. The Kier molecular flexibility index (Phi) is 6.89. The number of rotatable bonds is 7. The summed E-state index contributed by atoms with van der Waals surface area (Å²) in [6.07, 6.45) is 1.79. The van der Waals surface area contributed by atoms with E-state index in [2.05, 4.69) is 10.0 Å². The van der Waals surface area contributed by atoms with Gasteiger partial charge >= 0.3 is 0 Å². The Morgan fingerprint density at radius 2 is 1.85 bits per heavy atom. The number of sulfonamides is 1. The number of carbonyl (C=O) groups excluding carboxylic acids is 1. The van der Waals surface area contributed by atoms with Gasteiger partial charge in [0, 0.05) is 11.6 Å². The molecule has 2 N–H and O–H groups in total. The molecule has 0 radical (unpaired) electrons. The Morgan fingerprint density at radius 1 is 1.15 bits per heavy atom. The van der Waals surface area contributed by atoms with E-state index in [1.165, 1.54) is 18.2 Å². The van der Waals surface area contributed by atoms with Gasteiger partial charge in [0.1, 0.15) is 4.90 Å². The number of carbonyl (C=O) groups is 1. The summed E-state index contributed by atoms with van der Waals surface area (Å²) < 4.78 is 28.2. The Morgan fingerprint density at radius 3 is 2.48 bits per heavy atom. The van der Waals surface area contributed by atoms with Gasteiger partial charge in [0.2, 0.25) is 0 Å². The molecule has 5 nitrogen and oxygen atoms in total. The maximum absolute atomic E-state index is 12.8. The Bertz CT molecular complexity index is 942. The number of amides is 1. The molecule has 0 saturated carbocycles. The monoisotopic (exact) mass is 408 g/mol. The number of nitrogens with one attached hydrogen (secondary N) is 2. The van der Waals surface area contributed by atoms with E-state index in [0.29, 0.717) is 5.69 Å². The van der Waals surface area contributed by atoms with Gasteiger partial charge in [-0.3, -0.25) is 9.52 Å². The second-order valence-electron chi connectivity index (χ2n) is 6.73. The molecular weight excluding hydrogens is 384 g/mol. The largest absolute Gasteiger partial charge is 0.350 e. The van der Waals surface area contributed by atoms with Crippen LogP contribution >= 0.6 is 11.6 Å². The van der Waals surface area contributed by atoms with Crippen molar-refractivity contribution in [2.75, 3.05) is 4.72 Å². The molecule has 0 aliphatic rings. The van der Waals surface area contributed by atoms with Crippen LogP contribution in [0, 0.1) is 13.8 Å². The molecule has 1 unspecified atom stereocenters. The lowest BCUT2D eigenvalue weighted by atomic mass is 10.1. The van der Waals surface area contributed by atoms with E-state index in [1.54, 1.807) is 6.07 Å². The van der Waals surface area contributed by atoms with E-state index in [0.717, 1.165) is 24.0 Å². The van der Waals surface area contributed by atoms with E-state index in [9.17, 15) is 13.2 Å². The van der Waals surface area contributed by atoms with Gasteiger partial charge in [-0.25, -0.2) is 8.42 Å². The second-order valence-corrected chi connectivity index (χ2v) is 8.79. The first-order chi connectivity index (χ1) is 12.6. The Balaban J connectivity index is 2.32. The molecule has 0 saturated heterocycles. The van der Waals surface area contributed by atoms with Crippen LogP contribution in [0.15, 0.2) is 41.3 Å². The van der Waals surface area contributed by atoms with Crippen LogP contribution in [-0.4, -0.2) is 20.4 Å². The predicted octanol–water partition coefficient (Wildman–Crippen LogP) is 4.68. The number of benzene rings is 2. The van der Waals surface area contributed by atoms with Crippen LogP contribution in [0.1, 0.15) is 48.2 Å². The van der Waals surface area contributed by atoms with Gasteiger partial charge in [0.05, 0.1) is 10.7 Å². The van der Waals surface area contributed by atoms with Crippen LogP contribution in [0.25, 0.3) is 0 Å². The molecule has 2 aromatic carbocycles. The summed E-state index contributed by atoms with van der Waals surface area (Å²) in [6.45, 7) is 7.71. The molecule has 146 valence electrons. The van der Waals surface area contributed by atoms with Gasteiger partial charge < -0.3 is 5.32 Å². The standard InChI is InChI=1S/C20H25ClN2O3S/c1-5-6-15(4)22-20(24)16-8-9-17(21)19(12-16)27(25,26)23-18-10-7-13(2)11-14(18)3/h7-12,15,23H,5-6H2,1-4H3,(H,22,24). The molecule has 0 heterocycles. The quantitative estimate of drug-likeness (QED) is 0.698. The van der Waals surface area contributed by atoms with E-state index in [4.69, 9.17) is 11.6 Å². The van der Waals surface area contributed by atoms with Crippen molar-refractivity contribution in [2.45, 2.75) is 51.5 Å². The molecule has 1 atom stereocenters. The second kappa shape index (κ2) is 8.76. The van der Waals surface area contributed by atoms with Crippen LogP contribution in [0.2, 0.25) is 5.02 Å². The maximum atomic E-state index is 12.8. The zero-order valence-electron chi connectivity index (χ0n) is 16.0. The molecule has 0 aliphatic heterocycles. The van der Waals surface area contributed by atoms with Crippen LogP contribution in [0.5, 0.6) is 0 Å². The van der Waals surface area contributed by atoms with E-state index < -0.39 is 10.0 Å². The smallest absolute Gasteiger partial charge is 0.263 e. The van der Waals surface area contributed by atoms with Crippen LogP contribution in [-0.2, 0) is 10.0 Å². The Hall–Kier alpha value is -2.05. The fourth-order valence-corrected chi connectivity index (χ4v) is 4.45. The maximum Gasteiger partial charge on any atom is 0.263 e. The summed E-state index contributed by atoms with van der Waals surface area (Å²) in [7, 11) is -3.94. The average molecular weight is 409 g/mol. The van der Waals surface area contributed by atoms with Crippen molar-refractivity contribution >= 4 is 33.2 Å². The molecule has 0 fully saturated rings. The zero-order chi connectivity index (χ0) is 20.2. The fourth-order valence-electron chi connectivity index (χ4n) is 2.79. The highest BCUT2D eigenvalue weighted by molar-refractivity contribution is 7.92. The highest BCUT2D eigenvalue weighted by atomic mass is 35.5. The summed E-state index contributed by atoms with van der Waals surface area (Å²) in [5, 5.41) is 2.92. The topological polar surface area (TPSA) is 75.3 Å². The summed E-state index contributed by atoms with van der Waals surface area (Å²) in [4.78, 5) is 12.3. The summed E-state index contributed by atoms with van der Waals surface area (Å²) in [6, 6.07) is 9.68. The third-order valence-corrected chi connectivity index (χ3v) is 6.06. The lowest BCUT2D eigenvalue weighted by Gasteiger charge is -2.15. The van der Waals surface area contributed by atoms with E-state index >= 15 is 0 Å². The van der Waals surface area contributed by atoms with Gasteiger partial charge in [-0.15, -0.1) is 0 Å². The summed E-state index contributed by atoms with van der Waals surface area (Å²) >= 11 is 6.12. The predicted molar refractivity (Wildman–Crippen MR) is 110 cm³/mol. The van der Waals surface area contributed by atoms with Crippen molar-refractivity contribution in [3.05, 3.63) is 58.1 Å². The van der Waals surface area contributed by atoms with Gasteiger partial charge in [-0.05, 0) is 57.0 Å². The molecule has 0 spiro atoms. The molecule has 0 bridgehead atoms. The van der Waals surface area contributed by atoms with Crippen molar-refractivity contribution in [2.24, 2.45) is 0 Å². The van der Waals surface area contributed by atoms with Crippen LogP contribution in [0.4, 0.5) is 5.69 Å². The highest BCUT2D eigenvalue weighted by Gasteiger charge is 2.21. The Labute approximate surface area is 166 Å². The molecule has 27 heavy (non-hydrogen) atoms. The van der Waals surface area contributed by atoms with Crippen molar-refractivity contribution in [1.82, 2.24) is 5.32 Å². The van der Waals surface area contributed by atoms with Crippen molar-refractivity contribution in [3.8, 4) is 0 Å². The lowest BCUT2D eigenvalue weighted by Crippen LogP contribution is -2.32. The first kappa shape index (κ1) is 21.3. The number of halogens is 1. The number of hydrogen-bond acceptors (Lipinski definition) is 3. The third-order valence-electron chi connectivity index (χ3n) is 4.21. The minimum Gasteiger partial charge on any atom is -0.350 e. The highest BCUT2D eigenvalue weighted by Crippen LogP contribution is 2.26. The number of anilines is 1. The van der Waals surface area contributed by atoms with Crippen molar-refractivity contribution in [3.63, 3.8) is 0 Å². The normalized spacial score (nSPS) is 12.5. The van der Waals surface area contributed by atoms with Gasteiger partial charge in [-0.1, -0.05) is 42.6 Å². The zero-order valence-corrected chi connectivity index (χ0v) is 17.5. The van der Waals surface area contributed by atoms with Gasteiger partial charge in [0.15, 0.2) is 0 Å². The lowest BCUT2D eigenvalue weighted by molar-refractivity contribution is 0.0938. The van der Waals surface area contributed by atoms with E-state index in [1.807, 2.05) is 39.8 Å². The molecular formula is C20H25ClN2O3S. The first-order valence-electron chi connectivity index (χ1n) is 8.84. The minimum absolute atomic E-state index is 0.00608. The van der Waals surface area contributed by atoms with Gasteiger partial charge in [-0.2, -0.15) is 0 Å². The van der Waals surface area contributed by atoms with E-state index in [-0.39, 0.29) is 27.4 Å². The first-order valence-corrected chi connectivity index (χ1v) is 10.7. The molecule has 0 aromatic heterocycles. The number of aryl methyl sites for hydroxylation is 2. The minimum atomic E-state index is -3.94. The SMILES string of the molecule is CCCC(C)NC(=O)c1ccc(Cl)c(S(=O)(=O)Nc2ccc(C)cc2C)c1. The van der Waals surface area contributed by atoms with Crippen molar-refractivity contribution in [1.29, 1.82) is 0 Å². The fraction of sp³-hybridized carbons (Fsp3) is 0.350.